The fourth-order valence-electron chi connectivity index (χ4n) is 2.07. The average molecular weight is 278 g/mol. The van der Waals surface area contributed by atoms with Gasteiger partial charge in [-0.3, -0.25) is 4.79 Å². The Hall–Kier alpha value is -0.660. The molecule has 1 fully saturated rings. The van der Waals surface area contributed by atoms with Crippen LogP contribution in [0.5, 0.6) is 0 Å². The van der Waals surface area contributed by atoms with Crippen LogP contribution in [0.25, 0.3) is 0 Å². The maximum Gasteiger partial charge on any atom is 0.303 e. The van der Waals surface area contributed by atoms with Crippen LogP contribution in [0.1, 0.15) is 25.7 Å². The number of carbonyl (C=O) groups is 1. The van der Waals surface area contributed by atoms with Crippen LogP contribution in [0.2, 0.25) is 0 Å². The highest BCUT2D eigenvalue weighted by Crippen LogP contribution is 2.08. The van der Waals surface area contributed by atoms with Crippen molar-refractivity contribution in [1.29, 1.82) is 0 Å². The Morgan fingerprint density at radius 2 is 1.72 bits per heavy atom. The molecule has 0 aromatic rings. The molecule has 0 spiro atoms. The summed E-state index contributed by atoms with van der Waals surface area (Å²) in [6.45, 7) is 3.59. The fraction of sp³-hybridized carbons (Fsp3) is 0.909. The summed E-state index contributed by atoms with van der Waals surface area (Å²) in [6.07, 6.45) is 4.10. The molecule has 1 N–H and O–H groups in total. The first kappa shape index (κ1) is 15.4. The molecule has 1 rings (SSSR count). The van der Waals surface area contributed by atoms with Crippen molar-refractivity contribution in [2.45, 2.75) is 25.7 Å². The molecule has 0 saturated carbocycles. The predicted octanol–water partition coefficient (Wildman–Crippen LogP) is 0.209. The van der Waals surface area contributed by atoms with Gasteiger partial charge in [0, 0.05) is 32.6 Å². The average Bonchev–Trinajstić information content (AvgIpc) is 2.27. The highest BCUT2D eigenvalue weighted by molar-refractivity contribution is 7.88. The quantitative estimate of drug-likeness (QED) is 0.674. The lowest BCUT2D eigenvalue weighted by Gasteiger charge is -2.33. The van der Waals surface area contributed by atoms with E-state index in [2.05, 4.69) is 4.90 Å². The number of carboxylic acids is 1. The van der Waals surface area contributed by atoms with Crippen molar-refractivity contribution >= 4 is 16.0 Å². The molecule has 1 saturated heterocycles. The minimum absolute atomic E-state index is 0.238. The smallest absolute Gasteiger partial charge is 0.303 e. The number of sulfonamides is 1. The maximum absolute atomic E-state index is 11.3. The summed E-state index contributed by atoms with van der Waals surface area (Å²) in [7, 11) is -3.05. The highest BCUT2D eigenvalue weighted by Gasteiger charge is 2.22. The zero-order valence-electron chi connectivity index (χ0n) is 10.8. The number of aliphatic carboxylic acids is 1. The van der Waals surface area contributed by atoms with Crippen LogP contribution in [0.15, 0.2) is 0 Å². The summed E-state index contributed by atoms with van der Waals surface area (Å²) in [4.78, 5) is 12.6. The van der Waals surface area contributed by atoms with E-state index in [0.29, 0.717) is 13.1 Å². The molecule has 6 nitrogen and oxygen atoms in total. The second-order valence-electron chi connectivity index (χ2n) is 4.71. The SMILES string of the molecule is CS(=O)(=O)N1CCN(CCCCCC(=O)O)CC1. The molecule has 0 aromatic heterocycles. The van der Waals surface area contributed by atoms with Gasteiger partial charge < -0.3 is 10.0 Å². The maximum atomic E-state index is 11.3. The lowest BCUT2D eigenvalue weighted by molar-refractivity contribution is -0.137. The van der Waals surface area contributed by atoms with Crippen molar-refractivity contribution < 1.29 is 18.3 Å². The van der Waals surface area contributed by atoms with E-state index in [0.717, 1.165) is 38.9 Å². The third kappa shape index (κ3) is 5.79. The number of unbranched alkanes of at least 4 members (excludes halogenated alkanes) is 2. The standard InChI is InChI=1S/C11H22N2O4S/c1-18(16,17)13-9-7-12(8-10-13)6-4-2-3-5-11(14)15/h2-10H2,1H3,(H,14,15). The molecular weight excluding hydrogens is 256 g/mol. The van der Waals surface area contributed by atoms with Gasteiger partial charge >= 0.3 is 5.97 Å². The molecule has 7 heteroatoms. The third-order valence-electron chi connectivity index (χ3n) is 3.17. The summed E-state index contributed by atoms with van der Waals surface area (Å²) in [5.41, 5.74) is 0. The van der Waals surface area contributed by atoms with E-state index in [1.165, 1.54) is 10.6 Å². The molecule has 0 atom stereocenters. The van der Waals surface area contributed by atoms with E-state index in [9.17, 15) is 13.2 Å². The second-order valence-corrected chi connectivity index (χ2v) is 6.69. The van der Waals surface area contributed by atoms with Gasteiger partial charge in [0.15, 0.2) is 0 Å². The zero-order chi connectivity index (χ0) is 13.6. The van der Waals surface area contributed by atoms with Crippen molar-refractivity contribution in [2.75, 3.05) is 39.0 Å². The first-order valence-corrected chi connectivity index (χ1v) is 8.13. The number of hydrogen-bond donors (Lipinski definition) is 1. The van der Waals surface area contributed by atoms with Crippen LogP contribution in [0.3, 0.4) is 0 Å². The highest BCUT2D eigenvalue weighted by atomic mass is 32.2. The van der Waals surface area contributed by atoms with E-state index in [1.807, 2.05) is 0 Å². The van der Waals surface area contributed by atoms with Crippen molar-refractivity contribution in [3.05, 3.63) is 0 Å². The number of nitrogens with zero attached hydrogens (tertiary/aromatic N) is 2. The molecule has 18 heavy (non-hydrogen) atoms. The van der Waals surface area contributed by atoms with Crippen molar-refractivity contribution in [3.8, 4) is 0 Å². The summed E-state index contributed by atoms with van der Waals surface area (Å²) in [5, 5.41) is 8.49. The summed E-state index contributed by atoms with van der Waals surface area (Å²) >= 11 is 0. The number of rotatable bonds is 7. The molecular formula is C11H22N2O4S. The molecule has 1 heterocycles. The Morgan fingerprint density at radius 1 is 1.11 bits per heavy atom. The Labute approximate surface area is 109 Å². The third-order valence-corrected chi connectivity index (χ3v) is 4.47. The normalized spacial score (nSPS) is 18.9. The first-order chi connectivity index (χ1) is 8.39. The second kappa shape index (κ2) is 7.06. The molecule has 1 aliphatic heterocycles. The number of piperazine rings is 1. The lowest BCUT2D eigenvalue weighted by Crippen LogP contribution is -2.48. The van der Waals surface area contributed by atoms with Gasteiger partial charge in [0.2, 0.25) is 10.0 Å². The molecule has 0 amide bonds. The van der Waals surface area contributed by atoms with Crippen molar-refractivity contribution in [3.63, 3.8) is 0 Å². The summed E-state index contributed by atoms with van der Waals surface area (Å²) < 4.78 is 24.1. The fourth-order valence-corrected chi connectivity index (χ4v) is 2.90. The minimum atomic E-state index is -3.05. The van der Waals surface area contributed by atoms with Crippen LogP contribution in [-0.4, -0.2) is 67.7 Å². The number of carboxylic acid groups (broad SMARTS) is 1. The Kier molecular flexibility index (Phi) is 6.04. The van der Waals surface area contributed by atoms with E-state index in [-0.39, 0.29) is 6.42 Å². The van der Waals surface area contributed by atoms with Gasteiger partial charge in [-0.25, -0.2) is 8.42 Å². The largest absolute Gasteiger partial charge is 0.481 e. The minimum Gasteiger partial charge on any atom is -0.481 e. The summed E-state index contributed by atoms with van der Waals surface area (Å²) in [6, 6.07) is 0. The van der Waals surface area contributed by atoms with E-state index in [4.69, 9.17) is 5.11 Å². The van der Waals surface area contributed by atoms with Gasteiger partial charge in [-0.2, -0.15) is 4.31 Å². The van der Waals surface area contributed by atoms with Crippen LogP contribution < -0.4 is 0 Å². The lowest BCUT2D eigenvalue weighted by atomic mass is 10.2. The molecule has 106 valence electrons. The Bertz CT molecular complexity index is 361. The molecule has 0 aromatic carbocycles. The molecule has 0 bridgehead atoms. The van der Waals surface area contributed by atoms with Gasteiger partial charge in [0.1, 0.15) is 0 Å². The molecule has 0 aliphatic carbocycles. The van der Waals surface area contributed by atoms with Crippen molar-refractivity contribution in [1.82, 2.24) is 9.21 Å². The van der Waals surface area contributed by atoms with Crippen molar-refractivity contribution in [2.24, 2.45) is 0 Å². The molecule has 0 unspecified atom stereocenters. The summed E-state index contributed by atoms with van der Waals surface area (Å²) in [5.74, 6) is -0.739. The van der Waals surface area contributed by atoms with Crippen LogP contribution in [-0.2, 0) is 14.8 Å². The molecule has 0 radical (unpaired) electrons. The van der Waals surface area contributed by atoms with E-state index >= 15 is 0 Å². The predicted molar refractivity (Wildman–Crippen MR) is 69.0 cm³/mol. The zero-order valence-corrected chi connectivity index (χ0v) is 11.7. The monoisotopic (exact) mass is 278 g/mol. The van der Waals surface area contributed by atoms with Gasteiger partial charge in [-0.15, -0.1) is 0 Å². The van der Waals surface area contributed by atoms with Crippen LogP contribution in [0.4, 0.5) is 0 Å². The number of hydrogen-bond acceptors (Lipinski definition) is 4. The van der Waals surface area contributed by atoms with E-state index in [1.54, 1.807) is 0 Å². The molecule has 1 aliphatic rings. The van der Waals surface area contributed by atoms with Crippen LogP contribution >= 0.6 is 0 Å². The van der Waals surface area contributed by atoms with Gasteiger partial charge in [0.05, 0.1) is 6.26 Å². The first-order valence-electron chi connectivity index (χ1n) is 6.29. The van der Waals surface area contributed by atoms with E-state index < -0.39 is 16.0 Å². The van der Waals surface area contributed by atoms with Gasteiger partial charge in [-0.05, 0) is 19.4 Å². The topological polar surface area (TPSA) is 77.9 Å². The Balaban J connectivity index is 2.11. The van der Waals surface area contributed by atoms with Gasteiger partial charge in [0.25, 0.3) is 0 Å². The Morgan fingerprint density at radius 3 is 2.22 bits per heavy atom. The van der Waals surface area contributed by atoms with Gasteiger partial charge in [-0.1, -0.05) is 6.42 Å². The van der Waals surface area contributed by atoms with Crippen LogP contribution in [0, 0.1) is 0 Å².